The van der Waals surface area contributed by atoms with Crippen LogP contribution in [0.25, 0.3) is 0 Å². The van der Waals surface area contributed by atoms with E-state index < -0.39 is 23.0 Å². The van der Waals surface area contributed by atoms with Gasteiger partial charge in [-0.25, -0.2) is 8.78 Å². The maximum atomic E-state index is 13.5. The zero-order valence-corrected chi connectivity index (χ0v) is 14.1. The van der Waals surface area contributed by atoms with Crippen molar-refractivity contribution in [2.45, 2.75) is 20.3 Å². The monoisotopic (exact) mass is 346 g/mol. The molecular weight excluding hydrogens is 326 g/mol. The first-order valence-corrected chi connectivity index (χ1v) is 7.89. The minimum absolute atomic E-state index is 0.215. The zero-order chi connectivity index (χ0) is 18.4. The summed E-state index contributed by atoms with van der Waals surface area (Å²) >= 11 is 0. The van der Waals surface area contributed by atoms with Gasteiger partial charge < -0.3 is 10.6 Å². The van der Waals surface area contributed by atoms with Crippen molar-refractivity contribution in [3.63, 3.8) is 0 Å². The van der Waals surface area contributed by atoms with Crippen LogP contribution in [0.2, 0.25) is 0 Å². The average molecular weight is 346 g/mol. The number of carbonyl (C=O) groups excluding carboxylic acids is 2. The lowest BCUT2D eigenvalue weighted by molar-refractivity contribution is -0.138. The predicted molar refractivity (Wildman–Crippen MR) is 91.9 cm³/mol. The third-order valence-electron chi connectivity index (χ3n) is 3.88. The third kappa shape index (κ3) is 4.86. The van der Waals surface area contributed by atoms with Crippen LogP contribution in [0.15, 0.2) is 48.5 Å². The van der Waals surface area contributed by atoms with Gasteiger partial charge in [0, 0.05) is 12.2 Å². The molecule has 2 N–H and O–H groups in total. The van der Waals surface area contributed by atoms with Crippen molar-refractivity contribution < 1.29 is 18.4 Å². The van der Waals surface area contributed by atoms with Crippen molar-refractivity contribution in [2.24, 2.45) is 5.41 Å². The lowest BCUT2D eigenvalue weighted by atomic mass is 9.91. The van der Waals surface area contributed by atoms with Crippen LogP contribution in [-0.2, 0) is 16.0 Å². The van der Waals surface area contributed by atoms with E-state index in [0.29, 0.717) is 17.7 Å². The van der Waals surface area contributed by atoms with Crippen LogP contribution in [0.4, 0.5) is 14.5 Å². The number of benzene rings is 2. The Kier molecular flexibility index (Phi) is 5.85. The average Bonchev–Trinajstić information content (AvgIpc) is 2.58. The quantitative estimate of drug-likeness (QED) is 0.789. The van der Waals surface area contributed by atoms with Gasteiger partial charge in [-0.15, -0.1) is 0 Å². The molecule has 2 aromatic rings. The molecule has 0 atom stereocenters. The molecule has 6 heteroatoms. The number of hydrogen-bond acceptors (Lipinski definition) is 2. The Hall–Kier alpha value is -2.76. The molecule has 25 heavy (non-hydrogen) atoms. The van der Waals surface area contributed by atoms with Crippen molar-refractivity contribution in [3.05, 3.63) is 65.7 Å². The Balaban J connectivity index is 1.91. The van der Waals surface area contributed by atoms with E-state index in [-0.39, 0.29) is 12.4 Å². The van der Waals surface area contributed by atoms with Crippen LogP contribution in [0.5, 0.6) is 0 Å². The fourth-order valence-corrected chi connectivity index (χ4v) is 2.16. The molecule has 0 spiro atoms. The summed E-state index contributed by atoms with van der Waals surface area (Å²) in [5.41, 5.74) is -0.432. The molecule has 4 nitrogen and oxygen atoms in total. The minimum Gasteiger partial charge on any atom is -0.355 e. The molecular formula is C19H20F2N2O2. The van der Waals surface area contributed by atoms with E-state index in [1.54, 1.807) is 18.2 Å². The smallest absolute Gasteiger partial charge is 0.239 e. The second-order valence-corrected chi connectivity index (χ2v) is 6.18. The number of amides is 2. The number of hydrogen-bond donors (Lipinski definition) is 2. The lowest BCUT2D eigenvalue weighted by Gasteiger charge is -2.22. The van der Waals surface area contributed by atoms with Crippen LogP contribution in [0.3, 0.4) is 0 Å². The summed E-state index contributed by atoms with van der Waals surface area (Å²) in [6.45, 7) is 3.20. The molecule has 0 fully saturated rings. The second kappa shape index (κ2) is 7.88. The number of halogens is 2. The summed E-state index contributed by atoms with van der Waals surface area (Å²) in [5.74, 6) is -1.72. The van der Waals surface area contributed by atoms with Gasteiger partial charge >= 0.3 is 0 Å². The largest absolute Gasteiger partial charge is 0.355 e. The van der Waals surface area contributed by atoms with Crippen molar-refractivity contribution in [2.75, 3.05) is 11.9 Å². The Morgan fingerprint density at radius 3 is 2.24 bits per heavy atom. The van der Waals surface area contributed by atoms with Crippen LogP contribution < -0.4 is 10.6 Å². The first-order valence-electron chi connectivity index (χ1n) is 7.89. The fraction of sp³-hybridized carbons (Fsp3) is 0.263. The van der Waals surface area contributed by atoms with E-state index in [1.165, 1.54) is 44.2 Å². The Labute approximate surface area is 145 Å². The lowest BCUT2D eigenvalue weighted by Crippen LogP contribution is -2.45. The zero-order valence-electron chi connectivity index (χ0n) is 14.1. The number of nitrogens with one attached hydrogen (secondary N) is 2. The summed E-state index contributed by atoms with van der Waals surface area (Å²) in [6, 6.07) is 11.6. The van der Waals surface area contributed by atoms with Crippen molar-refractivity contribution in [3.8, 4) is 0 Å². The number of anilines is 1. The highest BCUT2D eigenvalue weighted by atomic mass is 19.1. The van der Waals surface area contributed by atoms with Crippen molar-refractivity contribution in [1.29, 1.82) is 0 Å². The van der Waals surface area contributed by atoms with Gasteiger partial charge in [0.15, 0.2) is 0 Å². The van der Waals surface area contributed by atoms with Gasteiger partial charge in [0.05, 0.1) is 0 Å². The Morgan fingerprint density at radius 2 is 1.60 bits per heavy atom. The molecule has 0 aliphatic heterocycles. The van der Waals surface area contributed by atoms with Gasteiger partial charge in [-0.1, -0.05) is 18.2 Å². The summed E-state index contributed by atoms with van der Waals surface area (Å²) < 4.78 is 26.4. The van der Waals surface area contributed by atoms with E-state index in [4.69, 9.17) is 0 Å². The molecule has 0 radical (unpaired) electrons. The van der Waals surface area contributed by atoms with Crippen LogP contribution in [0, 0.1) is 17.0 Å². The van der Waals surface area contributed by atoms with Crippen LogP contribution >= 0.6 is 0 Å². The van der Waals surface area contributed by atoms with Gasteiger partial charge in [-0.3, -0.25) is 9.59 Å². The fourth-order valence-electron chi connectivity index (χ4n) is 2.16. The summed E-state index contributed by atoms with van der Waals surface area (Å²) in [6.07, 6.45) is 0.327. The highest BCUT2D eigenvalue weighted by molar-refractivity contribution is 6.09. The molecule has 0 saturated carbocycles. The molecule has 0 aliphatic carbocycles. The summed E-state index contributed by atoms with van der Waals surface area (Å²) in [5, 5.41) is 5.23. The molecule has 0 aromatic heterocycles. The molecule has 0 saturated heterocycles. The highest BCUT2D eigenvalue weighted by Crippen LogP contribution is 2.19. The van der Waals surface area contributed by atoms with Crippen LogP contribution in [-0.4, -0.2) is 18.4 Å². The van der Waals surface area contributed by atoms with Crippen molar-refractivity contribution in [1.82, 2.24) is 5.32 Å². The molecule has 0 aliphatic rings. The summed E-state index contributed by atoms with van der Waals surface area (Å²) in [4.78, 5) is 24.6. The van der Waals surface area contributed by atoms with E-state index >= 15 is 0 Å². The normalized spacial score (nSPS) is 11.0. The van der Waals surface area contributed by atoms with Gasteiger partial charge in [0.25, 0.3) is 0 Å². The number of carbonyl (C=O) groups is 2. The summed E-state index contributed by atoms with van der Waals surface area (Å²) in [7, 11) is 0. The SMILES string of the molecule is CC(C)(C(=O)NCCc1ccccc1F)C(=O)Nc1ccc(F)cc1. The van der Waals surface area contributed by atoms with Gasteiger partial charge in [0.1, 0.15) is 17.0 Å². The standard InChI is InChI=1S/C19H20F2N2O2/c1-19(2,18(25)23-15-9-7-14(20)8-10-15)17(24)22-12-11-13-5-3-4-6-16(13)21/h3-10H,11-12H2,1-2H3,(H,22,24)(H,23,25). The van der Waals surface area contributed by atoms with E-state index in [0.717, 1.165) is 0 Å². The van der Waals surface area contributed by atoms with Gasteiger partial charge in [0.2, 0.25) is 11.8 Å². The van der Waals surface area contributed by atoms with Crippen LogP contribution in [0.1, 0.15) is 19.4 Å². The van der Waals surface area contributed by atoms with E-state index in [2.05, 4.69) is 10.6 Å². The molecule has 0 bridgehead atoms. The molecule has 2 rings (SSSR count). The highest BCUT2D eigenvalue weighted by Gasteiger charge is 2.35. The minimum atomic E-state index is -1.33. The van der Waals surface area contributed by atoms with E-state index in [1.807, 2.05) is 0 Å². The first-order chi connectivity index (χ1) is 11.8. The molecule has 0 unspecified atom stereocenters. The number of rotatable bonds is 6. The third-order valence-corrected chi connectivity index (χ3v) is 3.88. The van der Waals surface area contributed by atoms with Crippen molar-refractivity contribution >= 4 is 17.5 Å². The van der Waals surface area contributed by atoms with Gasteiger partial charge in [-0.05, 0) is 56.2 Å². The first kappa shape index (κ1) is 18.6. The Bertz CT molecular complexity index is 758. The second-order valence-electron chi connectivity index (χ2n) is 6.18. The molecule has 132 valence electrons. The molecule has 0 heterocycles. The topological polar surface area (TPSA) is 58.2 Å². The maximum Gasteiger partial charge on any atom is 0.239 e. The molecule has 2 aromatic carbocycles. The van der Waals surface area contributed by atoms with E-state index in [9.17, 15) is 18.4 Å². The molecule has 2 amide bonds. The Morgan fingerprint density at radius 1 is 0.960 bits per heavy atom. The van der Waals surface area contributed by atoms with Gasteiger partial charge in [-0.2, -0.15) is 0 Å². The predicted octanol–water partition coefficient (Wildman–Crippen LogP) is 3.29. The maximum absolute atomic E-state index is 13.5.